The average Bonchev–Trinajstić information content (AvgIpc) is 2.55. The van der Waals surface area contributed by atoms with Crippen LogP contribution < -0.4 is 0 Å². The van der Waals surface area contributed by atoms with E-state index in [9.17, 15) is 19.2 Å². The SMILES string of the molecule is CC(=O)O[C@@H]1[C@H](OC(C)=O)N(C=O)CN1C=O. The highest BCUT2D eigenvalue weighted by Crippen LogP contribution is 2.20. The standard InChI is InChI=1S/C9H12N2O6/c1-6(14)16-8-9(17-7(2)15)11(5-13)3-10(8)4-12/h4-5,8-9H,3H2,1-2H3/t8-,9+. The second kappa shape index (κ2) is 5.28. The molecule has 0 spiro atoms. The molecule has 0 aromatic carbocycles. The van der Waals surface area contributed by atoms with Crippen LogP contribution in [0.15, 0.2) is 0 Å². The van der Waals surface area contributed by atoms with E-state index in [2.05, 4.69) is 0 Å². The Bertz CT molecular complexity index is 312. The zero-order valence-electron chi connectivity index (χ0n) is 9.36. The third-order valence-electron chi connectivity index (χ3n) is 2.07. The van der Waals surface area contributed by atoms with Crippen LogP contribution in [-0.4, -0.2) is 53.7 Å². The number of carbonyl (C=O) groups is 4. The fraction of sp³-hybridized carbons (Fsp3) is 0.556. The molecule has 0 bridgehead atoms. The quantitative estimate of drug-likeness (QED) is 0.448. The van der Waals surface area contributed by atoms with Gasteiger partial charge in [-0.25, -0.2) is 0 Å². The Morgan fingerprint density at radius 3 is 1.59 bits per heavy atom. The molecule has 94 valence electrons. The summed E-state index contributed by atoms with van der Waals surface area (Å²) in [6.45, 7) is 2.19. The zero-order valence-corrected chi connectivity index (χ0v) is 9.36. The minimum atomic E-state index is -1.11. The van der Waals surface area contributed by atoms with Gasteiger partial charge in [-0.2, -0.15) is 0 Å². The molecule has 17 heavy (non-hydrogen) atoms. The minimum Gasteiger partial charge on any atom is -0.435 e. The summed E-state index contributed by atoms with van der Waals surface area (Å²) in [5.41, 5.74) is 0. The van der Waals surface area contributed by atoms with Gasteiger partial charge in [0.2, 0.25) is 25.3 Å². The van der Waals surface area contributed by atoms with E-state index in [0.717, 1.165) is 23.6 Å². The smallest absolute Gasteiger partial charge is 0.304 e. The number of carbonyl (C=O) groups excluding carboxylic acids is 4. The molecule has 0 saturated carbocycles. The molecule has 0 aromatic heterocycles. The topological polar surface area (TPSA) is 93.2 Å². The first-order valence-electron chi connectivity index (χ1n) is 4.76. The van der Waals surface area contributed by atoms with Gasteiger partial charge in [-0.3, -0.25) is 29.0 Å². The molecule has 1 rings (SSSR count). The predicted molar refractivity (Wildman–Crippen MR) is 51.8 cm³/mol. The van der Waals surface area contributed by atoms with Crippen molar-refractivity contribution in [2.45, 2.75) is 26.3 Å². The van der Waals surface area contributed by atoms with Gasteiger partial charge in [0.05, 0.1) is 0 Å². The van der Waals surface area contributed by atoms with Gasteiger partial charge in [0.25, 0.3) is 0 Å². The molecule has 1 aliphatic rings. The van der Waals surface area contributed by atoms with Crippen molar-refractivity contribution < 1.29 is 28.7 Å². The summed E-state index contributed by atoms with van der Waals surface area (Å²) in [7, 11) is 0. The van der Waals surface area contributed by atoms with Gasteiger partial charge in [-0.1, -0.05) is 0 Å². The van der Waals surface area contributed by atoms with E-state index in [1.54, 1.807) is 0 Å². The molecule has 0 aromatic rings. The molecule has 2 atom stereocenters. The molecule has 1 fully saturated rings. The Labute approximate surface area is 97.0 Å². The van der Waals surface area contributed by atoms with E-state index < -0.39 is 24.4 Å². The number of ether oxygens (including phenoxy) is 2. The lowest BCUT2D eigenvalue weighted by atomic mass is 10.4. The van der Waals surface area contributed by atoms with E-state index in [1.165, 1.54) is 0 Å². The van der Waals surface area contributed by atoms with Gasteiger partial charge in [-0.05, 0) is 0 Å². The monoisotopic (exact) mass is 244 g/mol. The predicted octanol–water partition coefficient (Wildman–Crippen LogP) is -1.35. The maximum Gasteiger partial charge on any atom is 0.304 e. The molecular formula is C9H12N2O6. The fourth-order valence-electron chi connectivity index (χ4n) is 1.46. The Balaban J connectivity index is 2.89. The van der Waals surface area contributed by atoms with Crippen LogP contribution in [0, 0.1) is 0 Å². The normalized spacial score (nSPS) is 23.2. The first-order valence-corrected chi connectivity index (χ1v) is 4.76. The van der Waals surface area contributed by atoms with Crippen molar-refractivity contribution in [3.05, 3.63) is 0 Å². The lowest BCUT2D eigenvalue weighted by Gasteiger charge is -2.23. The summed E-state index contributed by atoms with van der Waals surface area (Å²) < 4.78 is 9.68. The summed E-state index contributed by atoms with van der Waals surface area (Å²) in [5.74, 6) is -1.29. The maximum absolute atomic E-state index is 10.9. The second-order valence-electron chi connectivity index (χ2n) is 3.38. The van der Waals surface area contributed by atoms with E-state index in [0.29, 0.717) is 12.8 Å². The Morgan fingerprint density at radius 2 is 1.35 bits per heavy atom. The third kappa shape index (κ3) is 2.92. The van der Waals surface area contributed by atoms with Crippen LogP contribution >= 0.6 is 0 Å². The van der Waals surface area contributed by atoms with Crippen molar-refractivity contribution in [2.24, 2.45) is 0 Å². The van der Waals surface area contributed by atoms with Gasteiger partial charge < -0.3 is 9.47 Å². The van der Waals surface area contributed by atoms with Crippen LogP contribution in [0.2, 0.25) is 0 Å². The van der Waals surface area contributed by atoms with E-state index >= 15 is 0 Å². The van der Waals surface area contributed by atoms with Crippen LogP contribution in [-0.2, 0) is 28.7 Å². The molecule has 8 heteroatoms. The van der Waals surface area contributed by atoms with Crippen molar-refractivity contribution in [1.29, 1.82) is 0 Å². The van der Waals surface area contributed by atoms with Crippen LogP contribution in [0.1, 0.15) is 13.8 Å². The van der Waals surface area contributed by atoms with E-state index in [1.807, 2.05) is 0 Å². The molecule has 0 radical (unpaired) electrons. The Morgan fingerprint density at radius 1 is 1.00 bits per heavy atom. The van der Waals surface area contributed by atoms with Gasteiger partial charge >= 0.3 is 11.9 Å². The Kier molecular flexibility index (Phi) is 4.02. The van der Waals surface area contributed by atoms with Gasteiger partial charge in [0, 0.05) is 13.8 Å². The largest absolute Gasteiger partial charge is 0.435 e. The summed E-state index contributed by atoms with van der Waals surface area (Å²) in [6.07, 6.45) is -1.40. The summed E-state index contributed by atoms with van der Waals surface area (Å²) in [4.78, 5) is 45.3. The molecule has 8 nitrogen and oxygen atoms in total. The van der Waals surface area contributed by atoms with Crippen molar-refractivity contribution in [3.8, 4) is 0 Å². The number of nitrogens with zero attached hydrogens (tertiary/aromatic N) is 2. The lowest BCUT2D eigenvalue weighted by molar-refractivity contribution is -0.180. The van der Waals surface area contributed by atoms with Crippen LogP contribution in [0.25, 0.3) is 0 Å². The van der Waals surface area contributed by atoms with E-state index in [4.69, 9.17) is 9.47 Å². The van der Waals surface area contributed by atoms with Crippen molar-refractivity contribution in [1.82, 2.24) is 9.80 Å². The number of hydrogen-bond acceptors (Lipinski definition) is 6. The second-order valence-corrected chi connectivity index (χ2v) is 3.38. The summed E-state index contributed by atoms with van der Waals surface area (Å²) in [5, 5.41) is 0. The minimum absolute atomic E-state index is 0.108. The molecule has 0 aliphatic carbocycles. The highest BCUT2D eigenvalue weighted by molar-refractivity contribution is 5.68. The number of amides is 2. The first-order chi connectivity index (χ1) is 7.99. The van der Waals surface area contributed by atoms with Crippen molar-refractivity contribution in [2.75, 3.05) is 6.67 Å². The fourth-order valence-corrected chi connectivity index (χ4v) is 1.46. The molecule has 1 saturated heterocycles. The van der Waals surface area contributed by atoms with Gasteiger partial charge in [0.1, 0.15) is 6.67 Å². The van der Waals surface area contributed by atoms with Gasteiger partial charge in [-0.15, -0.1) is 0 Å². The number of hydrogen-bond donors (Lipinski definition) is 0. The number of rotatable bonds is 4. The lowest BCUT2D eigenvalue weighted by Crippen LogP contribution is -2.42. The molecule has 0 unspecified atom stereocenters. The van der Waals surface area contributed by atoms with Crippen molar-refractivity contribution >= 4 is 24.8 Å². The highest BCUT2D eigenvalue weighted by atomic mass is 16.6. The van der Waals surface area contributed by atoms with Crippen LogP contribution in [0.5, 0.6) is 0 Å². The first kappa shape index (κ1) is 12.9. The van der Waals surface area contributed by atoms with Crippen molar-refractivity contribution in [3.63, 3.8) is 0 Å². The van der Waals surface area contributed by atoms with Crippen LogP contribution in [0.4, 0.5) is 0 Å². The average molecular weight is 244 g/mol. The molecule has 0 N–H and O–H groups in total. The molecule has 2 amide bonds. The highest BCUT2D eigenvalue weighted by Gasteiger charge is 2.43. The van der Waals surface area contributed by atoms with E-state index in [-0.39, 0.29) is 6.67 Å². The zero-order chi connectivity index (χ0) is 13.0. The van der Waals surface area contributed by atoms with Gasteiger partial charge in [0.15, 0.2) is 0 Å². The maximum atomic E-state index is 10.9. The number of esters is 2. The van der Waals surface area contributed by atoms with Crippen LogP contribution in [0.3, 0.4) is 0 Å². The molecule has 1 heterocycles. The third-order valence-corrected chi connectivity index (χ3v) is 2.07. The Hall–Kier alpha value is -2.12. The molecular weight excluding hydrogens is 232 g/mol. The molecule has 1 aliphatic heterocycles. The summed E-state index contributed by atoms with van der Waals surface area (Å²) in [6, 6.07) is 0. The summed E-state index contributed by atoms with van der Waals surface area (Å²) >= 11 is 0.